The predicted molar refractivity (Wildman–Crippen MR) is 119 cm³/mol. The van der Waals surface area contributed by atoms with Crippen molar-refractivity contribution in [1.29, 1.82) is 0 Å². The summed E-state index contributed by atoms with van der Waals surface area (Å²) in [4.78, 5) is 14.1. The minimum atomic E-state index is -0.499. The molecule has 170 valence electrons. The number of rotatable bonds is 5. The molecule has 0 N–H and O–H groups in total. The van der Waals surface area contributed by atoms with Gasteiger partial charge in [-0.2, -0.15) is 0 Å². The van der Waals surface area contributed by atoms with Gasteiger partial charge < -0.3 is 14.2 Å². The van der Waals surface area contributed by atoms with Crippen LogP contribution in [0.2, 0.25) is 0 Å². The van der Waals surface area contributed by atoms with E-state index in [0.29, 0.717) is 30.5 Å². The van der Waals surface area contributed by atoms with Crippen molar-refractivity contribution in [2.75, 3.05) is 21.0 Å². The van der Waals surface area contributed by atoms with Crippen LogP contribution < -0.4 is 0 Å². The second kappa shape index (κ2) is 8.93. The quantitative estimate of drug-likeness (QED) is 0.452. The van der Waals surface area contributed by atoms with Gasteiger partial charge in [-0.1, -0.05) is 34.6 Å². The highest BCUT2D eigenvalue weighted by atomic mass is 16.7. The number of Topliss-reactive ketones (excluding diaryl/α,β-unsaturated/α-hetero) is 1. The molecule has 0 spiro atoms. The van der Waals surface area contributed by atoms with E-state index in [1.807, 2.05) is 7.11 Å². The van der Waals surface area contributed by atoms with E-state index >= 15 is 0 Å². The van der Waals surface area contributed by atoms with E-state index in [4.69, 9.17) is 14.2 Å². The fourth-order valence-electron chi connectivity index (χ4n) is 7.42. The molecular weight excluding hydrogens is 376 g/mol. The van der Waals surface area contributed by atoms with Crippen molar-refractivity contribution < 1.29 is 19.0 Å². The molecule has 30 heavy (non-hydrogen) atoms. The van der Waals surface area contributed by atoms with Crippen LogP contribution in [0.3, 0.4) is 0 Å². The normalized spacial score (nSPS) is 45.8. The minimum absolute atomic E-state index is 0.00638. The van der Waals surface area contributed by atoms with Crippen molar-refractivity contribution in [3.63, 3.8) is 0 Å². The van der Waals surface area contributed by atoms with E-state index in [1.54, 1.807) is 7.11 Å². The summed E-state index contributed by atoms with van der Waals surface area (Å²) in [5.74, 6) is 7.71. The second-order valence-corrected chi connectivity index (χ2v) is 10.6. The monoisotopic (exact) mass is 418 g/mol. The van der Waals surface area contributed by atoms with Gasteiger partial charge in [0.15, 0.2) is 0 Å². The zero-order valence-corrected chi connectivity index (χ0v) is 20.2. The van der Waals surface area contributed by atoms with Gasteiger partial charge in [-0.15, -0.1) is 11.8 Å². The molecule has 3 fully saturated rings. The molecule has 4 unspecified atom stereocenters. The van der Waals surface area contributed by atoms with E-state index < -0.39 is 5.41 Å². The third kappa shape index (κ3) is 3.55. The van der Waals surface area contributed by atoms with Crippen LogP contribution in [0.25, 0.3) is 0 Å². The number of carbonyl (C=O) groups excluding carboxylic acids is 1. The van der Waals surface area contributed by atoms with Crippen molar-refractivity contribution in [2.45, 2.75) is 91.8 Å². The van der Waals surface area contributed by atoms with Crippen LogP contribution in [0.15, 0.2) is 0 Å². The molecule has 0 aromatic carbocycles. The summed E-state index contributed by atoms with van der Waals surface area (Å²) in [5, 5.41) is 0. The first-order valence-electron chi connectivity index (χ1n) is 11.8. The fraction of sp³-hybridized carbons (Fsp3) is 0.885. The molecule has 4 nitrogen and oxygen atoms in total. The lowest BCUT2D eigenvalue weighted by molar-refractivity contribution is -0.219. The van der Waals surface area contributed by atoms with Gasteiger partial charge in [0.1, 0.15) is 12.6 Å². The lowest BCUT2D eigenvalue weighted by atomic mass is 9.44. The Morgan fingerprint density at radius 1 is 1.10 bits per heavy atom. The summed E-state index contributed by atoms with van der Waals surface area (Å²) in [7, 11) is 3.51. The Balaban J connectivity index is 2.15. The summed E-state index contributed by atoms with van der Waals surface area (Å²) in [6.07, 6.45) is 6.60. The van der Waals surface area contributed by atoms with E-state index in [-0.39, 0.29) is 35.7 Å². The van der Waals surface area contributed by atoms with Crippen molar-refractivity contribution in [1.82, 2.24) is 0 Å². The van der Waals surface area contributed by atoms with Crippen LogP contribution in [0.1, 0.15) is 79.6 Å². The highest BCUT2D eigenvalue weighted by Crippen LogP contribution is 2.68. The molecule has 3 rings (SSSR count). The number of carbonyl (C=O) groups is 1. The first-order chi connectivity index (χ1) is 14.2. The molecule has 3 aliphatic carbocycles. The third-order valence-corrected chi connectivity index (χ3v) is 9.31. The zero-order valence-electron chi connectivity index (χ0n) is 20.2. The first-order valence-corrected chi connectivity index (χ1v) is 11.8. The van der Waals surface area contributed by atoms with Gasteiger partial charge in [0.25, 0.3) is 0 Å². The molecule has 8 atom stereocenters. The van der Waals surface area contributed by atoms with Gasteiger partial charge in [-0.25, -0.2) is 0 Å². The fourth-order valence-corrected chi connectivity index (χ4v) is 7.42. The zero-order chi connectivity index (χ0) is 22.2. The topological polar surface area (TPSA) is 44.8 Å². The Morgan fingerprint density at radius 2 is 1.80 bits per heavy atom. The van der Waals surface area contributed by atoms with Gasteiger partial charge in [0.2, 0.25) is 0 Å². The highest BCUT2D eigenvalue weighted by Gasteiger charge is 2.68. The number of ether oxygens (including phenoxy) is 3. The molecule has 0 radical (unpaired) electrons. The summed E-state index contributed by atoms with van der Waals surface area (Å²) < 4.78 is 17.8. The second-order valence-electron chi connectivity index (χ2n) is 10.6. The molecule has 0 aromatic rings. The lowest BCUT2D eigenvalue weighted by Crippen LogP contribution is -2.62. The smallest absolute Gasteiger partial charge is 0.146 e. The Hall–Kier alpha value is -0.890. The van der Waals surface area contributed by atoms with Crippen molar-refractivity contribution in [2.24, 2.45) is 34.0 Å². The van der Waals surface area contributed by atoms with Crippen LogP contribution in [0, 0.1) is 45.8 Å². The Kier molecular flexibility index (Phi) is 7.07. The summed E-state index contributed by atoms with van der Waals surface area (Å²) in [6, 6.07) is 0. The van der Waals surface area contributed by atoms with Crippen LogP contribution >= 0.6 is 0 Å². The average molecular weight is 419 g/mol. The maximum absolute atomic E-state index is 14.1. The molecule has 0 amide bonds. The van der Waals surface area contributed by atoms with Crippen molar-refractivity contribution in [3.05, 3.63) is 0 Å². The molecule has 2 bridgehead atoms. The minimum Gasteiger partial charge on any atom is -0.381 e. The molecular formula is C26H42O4. The SMILES string of the molecule is CCC#CC[C@]1(C)CC(OCOC)[C@@]2(C)C3C(OC)CCC3(CC[C@H]2C)[C@@H](C)C1=O. The van der Waals surface area contributed by atoms with Crippen LogP contribution in [-0.4, -0.2) is 39.0 Å². The number of hydrogen-bond donors (Lipinski definition) is 0. The average Bonchev–Trinajstić information content (AvgIpc) is 3.13. The highest BCUT2D eigenvalue weighted by molar-refractivity contribution is 5.88. The largest absolute Gasteiger partial charge is 0.381 e. The molecule has 3 saturated carbocycles. The molecule has 0 saturated heterocycles. The van der Waals surface area contributed by atoms with Gasteiger partial charge in [-0.05, 0) is 49.4 Å². The van der Waals surface area contributed by atoms with E-state index in [9.17, 15) is 4.79 Å². The van der Waals surface area contributed by atoms with Crippen LogP contribution in [0.4, 0.5) is 0 Å². The standard InChI is InChI=1S/C26H42O4/c1-8-9-10-13-24(4)16-21(30-17-28-6)25(5)18(2)11-14-26(19(3)23(24)27)15-12-20(29-7)22(25)26/h18-22H,8,11-17H2,1-7H3/t18-,19+,20?,21?,22?,24-,25+,26?/m1/s1. The van der Waals surface area contributed by atoms with Crippen molar-refractivity contribution >= 4 is 5.78 Å². The van der Waals surface area contributed by atoms with Crippen LogP contribution in [-0.2, 0) is 19.0 Å². The first kappa shape index (κ1) is 23.8. The molecule has 4 heteroatoms. The lowest BCUT2D eigenvalue weighted by Gasteiger charge is -2.62. The van der Waals surface area contributed by atoms with Crippen LogP contribution in [0.5, 0.6) is 0 Å². The van der Waals surface area contributed by atoms with Gasteiger partial charge >= 0.3 is 0 Å². The van der Waals surface area contributed by atoms with E-state index in [2.05, 4.69) is 46.5 Å². The number of hydrogen-bond acceptors (Lipinski definition) is 4. The number of methoxy groups -OCH3 is 2. The van der Waals surface area contributed by atoms with Crippen molar-refractivity contribution in [3.8, 4) is 11.8 Å². The van der Waals surface area contributed by atoms with Gasteiger partial charge in [-0.3, -0.25) is 4.79 Å². The molecule has 3 aliphatic rings. The van der Waals surface area contributed by atoms with E-state index in [1.165, 1.54) is 0 Å². The molecule has 0 heterocycles. The molecule has 0 aliphatic heterocycles. The Labute approximate surface area is 183 Å². The molecule has 0 aromatic heterocycles. The summed E-state index contributed by atoms with van der Waals surface area (Å²) in [6.45, 7) is 11.4. The summed E-state index contributed by atoms with van der Waals surface area (Å²) >= 11 is 0. The van der Waals surface area contributed by atoms with E-state index in [0.717, 1.165) is 32.1 Å². The number of ketones is 1. The van der Waals surface area contributed by atoms with Gasteiger partial charge in [0.05, 0.1) is 12.2 Å². The van der Waals surface area contributed by atoms with Gasteiger partial charge in [0, 0.05) is 43.8 Å². The maximum Gasteiger partial charge on any atom is 0.146 e. The third-order valence-electron chi connectivity index (χ3n) is 9.31. The Morgan fingerprint density at radius 3 is 2.43 bits per heavy atom. The maximum atomic E-state index is 14.1. The summed E-state index contributed by atoms with van der Waals surface area (Å²) in [5.41, 5.74) is -0.572. The predicted octanol–water partition coefficient (Wildman–Crippen LogP) is 5.24. The Bertz CT molecular complexity index is 693.